The van der Waals surface area contributed by atoms with Gasteiger partial charge in [0.15, 0.2) is 0 Å². The molecule has 0 aliphatic carbocycles. The second kappa shape index (κ2) is 7.46. The minimum atomic E-state index is 0.589. The molecule has 0 atom stereocenters. The van der Waals surface area contributed by atoms with E-state index in [4.69, 9.17) is 0 Å². The molecule has 0 radical (unpaired) electrons. The summed E-state index contributed by atoms with van der Waals surface area (Å²) in [5, 5.41) is 1.08. The second-order valence-electron chi connectivity index (χ2n) is 4.20. The summed E-state index contributed by atoms with van der Waals surface area (Å²) < 4.78 is 1.21. The lowest BCUT2D eigenvalue weighted by Crippen LogP contribution is -2.31. The molecule has 3 heteroatoms. The fourth-order valence-electron chi connectivity index (χ4n) is 1.63. The van der Waals surface area contributed by atoms with E-state index in [1.807, 2.05) is 0 Å². The van der Waals surface area contributed by atoms with Crippen molar-refractivity contribution >= 4 is 31.9 Å². The van der Waals surface area contributed by atoms with Gasteiger partial charge in [-0.1, -0.05) is 50.1 Å². The molecule has 0 saturated carbocycles. The molecule has 0 aromatic heterocycles. The summed E-state index contributed by atoms with van der Waals surface area (Å²) in [5.74, 6) is 0. The first-order valence-corrected chi connectivity index (χ1v) is 7.60. The fraction of sp³-hybridized carbons (Fsp3) is 0.538. The molecule has 0 aliphatic heterocycles. The Morgan fingerprint density at radius 3 is 2.50 bits per heavy atom. The average Bonchev–Trinajstić information content (AvgIpc) is 2.26. The summed E-state index contributed by atoms with van der Waals surface area (Å²) in [5.41, 5.74) is 1.37. The number of benzene rings is 1. The maximum absolute atomic E-state index is 3.61. The molecular formula is C13H19Br2N. The number of nitrogens with zero attached hydrogens (tertiary/aromatic N) is 1. The first-order valence-electron chi connectivity index (χ1n) is 5.68. The quantitative estimate of drug-likeness (QED) is 0.687. The third kappa shape index (κ3) is 4.56. The van der Waals surface area contributed by atoms with Crippen LogP contribution in [0.5, 0.6) is 0 Å². The molecule has 1 nitrogen and oxygen atoms in total. The van der Waals surface area contributed by atoms with Crippen molar-refractivity contribution < 1.29 is 0 Å². The van der Waals surface area contributed by atoms with Crippen molar-refractivity contribution in [3.63, 3.8) is 0 Å². The van der Waals surface area contributed by atoms with Crippen molar-refractivity contribution in [1.29, 1.82) is 0 Å². The van der Waals surface area contributed by atoms with Gasteiger partial charge in [-0.3, -0.25) is 4.90 Å². The Labute approximate surface area is 115 Å². The largest absolute Gasteiger partial charge is 0.297 e. The van der Waals surface area contributed by atoms with Crippen molar-refractivity contribution in [2.45, 2.75) is 32.9 Å². The van der Waals surface area contributed by atoms with Crippen LogP contribution in [0, 0.1) is 0 Å². The lowest BCUT2D eigenvalue weighted by atomic mass is 10.2. The number of hydrogen-bond acceptors (Lipinski definition) is 1. The van der Waals surface area contributed by atoms with Crippen LogP contribution >= 0.6 is 31.9 Å². The summed E-state index contributed by atoms with van der Waals surface area (Å²) in [7, 11) is 0. The highest BCUT2D eigenvalue weighted by Crippen LogP contribution is 2.19. The molecule has 0 amide bonds. The molecule has 90 valence electrons. The van der Waals surface area contributed by atoms with Gasteiger partial charge in [0.05, 0.1) is 0 Å². The Kier molecular flexibility index (Phi) is 6.62. The van der Waals surface area contributed by atoms with Crippen molar-refractivity contribution in [2.24, 2.45) is 0 Å². The van der Waals surface area contributed by atoms with E-state index in [-0.39, 0.29) is 0 Å². The Hall–Kier alpha value is 0.140. The molecule has 0 saturated heterocycles. The van der Waals surface area contributed by atoms with Gasteiger partial charge in [0, 0.05) is 22.4 Å². The van der Waals surface area contributed by atoms with E-state index >= 15 is 0 Å². The predicted molar refractivity (Wildman–Crippen MR) is 78.1 cm³/mol. The summed E-state index contributed by atoms with van der Waals surface area (Å²) >= 11 is 7.10. The molecule has 0 heterocycles. The Bertz CT molecular complexity index is 313. The lowest BCUT2D eigenvalue weighted by Gasteiger charge is -2.26. The summed E-state index contributed by atoms with van der Waals surface area (Å²) in [6.45, 7) is 6.67. The smallest absolute Gasteiger partial charge is 0.0247 e. The summed E-state index contributed by atoms with van der Waals surface area (Å²) in [6, 6.07) is 9.05. The zero-order chi connectivity index (χ0) is 12.0. The maximum atomic E-state index is 3.61. The van der Waals surface area contributed by atoms with Crippen molar-refractivity contribution in [3.05, 3.63) is 34.3 Å². The van der Waals surface area contributed by atoms with Crippen molar-refractivity contribution in [1.82, 2.24) is 4.90 Å². The van der Waals surface area contributed by atoms with Gasteiger partial charge in [0.2, 0.25) is 0 Å². The monoisotopic (exact) mass is 347 g/mol. The van der Waals surface area contributed by atoms with Crippen LogP contribution in [0.15, 0.2) is 28.7 Å². The SMILES string of the molecule is CC(C)N(CCCBr)Cc1ccccc1Br. The predicted octanol–water partition coefficient (Wildman–Crippen LogP) is 4.44. The van der Waals surface area contributed by atoms with Gasteiger partial charge in [-0.05, 0) is 38.4 Å². The maximum Gasteiger partial charge on any atom is 0.0247 e. The Morgan fingerprint density at radius 2 is 1.94 bits per heavy atom. The van der Waals surface area contributed by atoms with E-state index in [0.29, 0.717) is 6.04 Å². The van der Waals surface area contributed by atoms with Gasteiger partial charge in [-0.25, -0.2) is 0 Å². The molecule has 0 fully saturated rings. The minimum Gasteiger partial charge on any atom is -0.297 e. The Balaban J connectivity index is 2.64. The first kappa shape index (κ1) is 14.2. The third-order valence-electron chi connectivity index (χ3n) is 2.64. The van der Waals surface area contributed by atoms with E-state index in [1.54, 1.807) is 0 Å². The number of hydrogen-bond donors (Lipinski definition) is 0. The van der Waals surface area contributed by atoms with Crippen LogP contribution in [0.1, 0.15) is 25.8 Å². The average molecular weight is 349 g/mol. The molecule has 0 bridgehead atoms. The summed E-state index contributed by atoms with van der Waals surface area (Å²) in [6.07, 6.45) is 1.20. The minimum absolute atomic E-state index is 0.589. The first-order chi connectivity index (χ1) is 7.65. The van der Waals surface area contributed by atoms with Gasteiger partial charge >= 0.3 is 0 Å². The van der Waals surface area contributed by atoms with Gasteiger partial charge < -0.3 is 0 Å². The zero-order valence-corrected chi connectivity index (χ0v) is 13.1. The van der Waals surface area contributed by atoms with Crippen LogP contribution in [0.2, 0.25) is 0 Å². The lowest BCUT2D eigenvalue weighted by molar-refractivity contribution is 0.213. The van der Waals surface area contributed by atoms with Gasteiger partial charge in [0.25, 0.3) is 0 Å². The second-order valence-corrected chi connectivity index (χ2v) is 5.85. The topological polar surface area (TPSA) is 3.24 Å². The summed E-state index contributed by atoms with van der Waals surface area (Å²) in [4.78, 5) is 2.50. The van der Waals surface area contributed by atoms with E-state index in [2.05, 4.69) is 74.9 Å². The van der Waals surface area contributed by atoms with Crippen LogP contribution in [0.4, 0.5) is 0 Å². The van der Waals surface area contributed by atoms with Crippen molar-refractivity contribution in [2.75, 3.05) is 11.9 Å². The molecule has 1 aromatic rings. The molecule has 1 rings (SSSR count). The van der Waals surface area contributed by atoms with E-state index < -0.39 is 0 Å². The molecule has 0 spiro atoms. The highest BCUT2D eigenvalue weighted by Gasteiger charge is 2.10. The van der Waals surface area contributed by atoms with E-state index in [0.717, 1.165) is 18.4 Å². The fourth-order valence-corrected chi connectivity index (χ4v) is 2.29. The molecule has 0 N–H and O–H groups in total. The normalized spacial score (nSPS) is 11.4. The number of halogens is 2. The third-order valence-corrected chi connectivity index (χ3v) is 3.97. The van der Waals surface area contributed by atoms with E-state index in [1.165, 1.54) is 16.5 Å². The Morgan fingerprint density at radius 1 is 1.25 bits per heavy atom. The standard InChI is InChI=1S/C13H19Br2N/c1-11(2)16(9-5-8-14)10-12-6-3-4-7-13(12)15/h3-4,6-7,11H,5,8-10H2,1-2H3. The highest BCUT2D eigenvalue weighted by atomic mass is 79.9. The number of rotatable bonds is 6. The van der Waals surface area contributed by atoms with Gasteiger partial charge in [0.1, 0.15) is 0 Å². The van der Waals surface area contributed by atoms with Gasteiger partial charge in [-0.2, -0.15) is 0 Å². The van der Waals surface area contributed by atoms with Crippen LogP contribution in [-0.2, 0) is 6.54 Å². The van der Waals surface area contributed by atoms with Gasteiger partial charge in [-0.15, -0.1) is 0 Å². The molecule has 0 unspecified atom stereocenters. The molecule has 0 aliphatic rings. The van der Waals surface area contributed by atoms with Crippen LogP contribution in [0.25, 0.3) is 0 Å². The zero-order valence-electron chi connectivity index (χ0n) is 9.92. The number of alkyl halides is 1. The molecule has 1 aromatic carbocycles. The van der Waals surface area contributed by atoms with E-state index in [9.17, 15) is 0 Å². The molecule has 16 heavy (non-hydrogen) atoms. The van der Waals surface area contributed by atoms with Crippen molar-refractivity contribution in [3.8, 4) is 0 Å². The highest BCUT2D eigenvalue weighted by molar-refractivity contribution is 9.10. The molecular weight excluding hydrogens is 330 g/mol. The van der Waals surface area contributed by atoms with Crippen LogP contribution in [0.3, 0.4) is 0 Å². The van der Waals surface area contributed by atoms with Crippen LogP contribution < -0.4 is 0 Å². The van der Waals surface area contributed by atoms with Crippen LogP contribution in [-0.4, -0.2) is 22.8 Å².